The minimum absolute atomic E-state index is 0.149. The van der Waals surface area contributed by atoms with E-state index in [1.54, 1.807) is 30.5 Å². The number of amides is 1. The van der Waals surface area contributed by atoms with E-state index in [0.717, 1.165) is 11.3 Å². The van der Waals surface area contributed by atoms with Gasteiger partial charge in [-0.2, -0.15) is 0 Å². The third-order valence-corrected chi connectivity index (χ3v) is 2.94. The van der Waals surface area contributed by atoms with Crippen molar-refractivity contribution in [3.63, 3.8) is 0 Å². The third-order valence-electron chi connectivity index (χ3n) is 2.94. The van der Waals surface area contributed by atoms with Crippen molar-refractivity contribution in [1.82, 2.24) is 5.32 Å². The second-order valence-corrected chi connectivity index (χ2v) is 4.23. The predicted octanol–water partition coefficient (Wildman–Crippen LogP) is 2.66. The highest BCUT2D eigenvalue weighted by atomic mass is 16.3. The Bertz CT molecular complexity index is 547. The second-order valence-electron chi connectivity index (χ2n) is 4.23. The van der Waals surface area contributed by atoms with Crippen molar-refractivity contribution in [2.24, 2.45) is 0 Å². The van der Waals surface area contributed by atoms with Crippen molar-refractivity contribution in [2.75, 3.05) is 5.73 Å². The second kappa shape index (κ2) is 4.96. The Kier molecular flexibility index (Phi) is 3.37. The lowest BCUT2D eigenvalue weighted by Gasteiger charge is -2.13. The van der Waals surface area contributed by atoms with E-state index in [0.29, 0.717) is 11.3 Å². The van der Waals surface area contributed by atoms with E-state index < -0.39 is 0 Å². The Morgan fingerprint density at radius 2 is 2.11 bits per heavy atom. The Morgan fingerprint density at radius 3 is 2.78 bits per heavy atom. The maximum absolute atomic E-state index is 12.1. The molecule has 0 saturated carbocycles. The van der Waals surface area contributed by atoms with Gasteiger partial charge in [-0.05, 0) is 43.7 Å². The summed E-state index contributed by atoms with van der Waals surface area (Å²) < 4.78 is 5.25. The van der Waals surface area contributed by atoms with Crippen LogP contribution in [-0.2, 0) is 0 Å². The lowest BCUT2D eigenvalue weighted by atomic mass is 10.1. The van der Waals surface area contributed by atoms with E-state index >= 15 is 0 Å². The summed E-state index contributed by atoms with van der Waals surface area (Å²) in [5, 5.41) is 2.88. The van der Waals surface area contributed by atoms with Crippen LogP contribution in [0.25, 0.3) is 0 Å². The van der Waals surface area contributed by atoms with Crippen LogP contribution in [0.3, 0.4) is 0 Å². The van der Waals surface area contributed by atoms with E-state index in [1.807, 2.05) is 19.9 Å². The van der Waals surface area contributed by atoms with Gasteiger partial charge in [0, 0.05) is 11.3 Å². The van der Waals surface area contributed by atoms with Gasteiger partial charge in [0.15, 0.2) is 0 Å². The molecule has 1 amide bonds. The smallest absolute Gasteiger partial charge is 0.252 e. The molecule has 2 rings (SSSR count). The van der Waals surface area contributed by atoms with E-state index in [2.05, 4.69) is 5.32 Å². The Morgan fingerprint density at radius 1 is 1.33 bits per heavy atom. The van der Waals surface area contributed by atoms with Crippen molar-refractivity contribution in [2.45, 2.75) is 19.9 Å². The number of carbonyl (C=O) groups is 1. The van der Waals surface area contributed by atoms with Crippen LogP contribution in [0.1, 0.15) is 34.6 Å². The number of carbonyl (C=O) groups excluding carboxylic acids is 1. The molecular weight excluding hydrogens is 228 g/mol. The Hall–Kier alpha value is -2.23. The van der Waals surface area contributed by atoms with Gasteiger partial charge in [-0.25, -0.2) is 0 Å². The highest BCUT2D eigenvalue weighted by Crippen LogP contribution is 2.18. The minimum Gasteiger partial charge on any atom is -0.467 e. The summed E-state index contributed by atoms with van der Waals surface area (Å²) in [6, 6.07) is 8.77. The monoisotopic (exact) mass is 244 g/mol. The van der Waals surface area contributed by atoms with Crippen molar-refractivity contribution < 1.29 is 9.21 Å². The van der Waals surface area contributed by atoms with Crippen LogP contribution in [0.2, 0.25) is 0 Å². The van der Waals surface area contributed by atoms with Crippen LogP contribution < -0.4 is 11.1 Å². The molecule has 1 aromatic heterocycles. The average Bonchev–Trinajstić information content (AvgIpc) is 2.86. The normalized spacial score (nSPS) is 12.1. The molecule has 1 atom stereocenters. The zero-order valence-corrected chi connectivity index (χ0v) is 10.4. The van der Waals surface area contributed by atoms with Crippen molar-refractivity contribution in [3.8, 4) is 0 Å². The first-order valence-corrected chi connectivity index (χ1v) is 5.79. The molecule has 0 fully saturated rings. The first-order valence-electron chi connectivity index (χ1n) is 5.79. The molecule has 18 heavy (non-hydrogen) atoms. The summed E-state index contributed by atoms with van der Waals surface area (Å²) in [5.41, 5.74) is 7.79. The maximum Gasteiger partial charge on any atom is 0.252 e. The zero-order chi connectivity index (χ0) is 13.1. The number of hydrogen-bond acceptors (Lipinski definition) is 3. The summed E-state index contributed by atoms with van der Waals surface area (Å²) >= 11 is 0. The number of benzene rings is 1. The first kappa shape index (κ1) is 12.2. The molecule has 0 aliphatic heterocycles. The number of hydrogen-bond donors (Lipinski definition) is 2. The third kappa shape index (κ3) is 2.37. The van der Waals surface area contributed by atoms with E-state index in [1.165, 1.54) is 0 Å². The fourth-order valence-electron chi connectivity index (χ4n) is 1.78. The van der Waals surface area contributed by atoms with Crippen molar-refractivity contribution in [3.05, 3.63) is 53.5 Å². The zero-order valence-electron chi connectivity index (χ0n) is 10.4. The predicted molar refractivity (Wildman–Crippen MR) is 70.2 cm³/mol. The first-order chi connectivity index (χ1) is 8.59. The molecular formula is C14H16N2O2. The molecule has 1 aromatic carbocycles. The quantitative estimate of drug-likeness (QED) is 0.815. The van der Waals surface area contributed by atoms with Gasteiger partial charge >= 0.3 is 0 Å². The number of nitrogen functional groups attached to an aromatic ring is 1. The number of nitrogens with two attached hydrogens (primary N) is 1. The van der Waals surface area contributed by atoms with Crippen LogP contribution in [0.5, 0.6) is 0 Å². The van der Waals surface area contributed by atoms with Crippen LogP contribution in [-0.4, -0.2) is 5.91 Å². The lowest BCUT2D eigenvalue weighted by Crippen LogP contribution is -2.27. The van der Waals surface area contributed by atoms with Gasteiger partial charge in [0.2, 0.25) is 0 Å². The summed E-state index contributed by atoms with van der Waals surface area (Å²) in [4.78, 5) is 12.1. The molecule has 0 unspecified atom stereocenters. The molecule has 4 nitrogen and oxygen atoms in total. The summed E-state index contributed by atoms with van der Waals surface area (Å²) in [7, 11) is 0. The fourth-order valence-corrected chi connectivity index (χ4v) is 1.78. The molecule has 3 N–H and O–H groups in total. The molecule has 1 heterocycles. The van der Waals surface area contributed by atoms with Gasteiger partial charge in [0.25, 0.3) is 5.91 Å². The SMILES string of the molecule is Cc1c(N)cccc1C(=O)N[C@@H](C)c1ccco1. The molecule has 0 aliphatic rings. The molecule has 0 spiro atoms. The number of furan rings is 1. The molecule has 0 bridgehead atoms. The summed E-state index contributed by atoms with van der Waals surface area (Å²) in [6.07, 6.45) is 1.59. The highest BCUT2D eigenvalue weighted by Gasteiger charge is 2.15. The van der Waals surface area contributed by atoms with E-state index in [4.69, 9.17) is 10.2 Å². The Labute approximate surface area is 106 Å². The summed E-state index contributed by atoms with van der Waals surface area (Å²) in [6.45, 7) is 3.71. The molecule has 0 aliphatic carbocycles. The average molecular weight is 244 g/mol. The number of rotatable bonds is 3. The van der Waals surface area contributed by atoms with Gasteiger partial charge in [-0.15, -0.1) is 0 Å². The summed E-state index contributed by atoms with van der Waals surface area (Å²) in [5.74, 6) is 0.577. The minimum atomic E-state index is -0.173. The molecule has 0 saturated heterocycles. The van der Waals surface area contributed by atoms with Crippen molar-refractivity contribution >= 4 is 11.6 Å². The van der Waals surface area contributed by atoms with Crippen LogP contribution >= 0.6 is 0 Å². The number of anilines is 1. The molecule has 94 valence electrons. The molecule has 0 radical (unpaired) electrons. The van der Waals surface area contributed by atoms with Gasteiger partial charge in [0.05, 0.1) is 12.3 Å². The van der Waals surface area contributed by atoms with Gasteiger partial charge in [-0.3, -0.25) is 4.79 Å². The molecule has 4 heteroatoms. The standard InChI is InChI=1S/C14H16N2O2/c1-9-11(5-3-6-12(9)15)14(17)16-10(2)13-7-4-8-18-13/h3-8,10H,15H2,1-2H3,(H,16,17)/t10-/m0/s1. The highest BCUT2D eigenvalue weighted by molar-refractivity contribution is 5.97. The maximum atomic E-state index is 12.1. The largest absolute Gasteiger partial charge is 0.467 e. The fraction of sp³-hybridized carbons (Fsp3) is 0.214. The number of nitrogens with one attached hydrogen (secondary N) is 1. The Balaban J connectivity index is 2.15. The van der Waals surface area contributed by atoms with Gasteiger partial charge in [-0.1, -0.05) is 6.07 Å². The van der Waals surface area contributed by atoms with Crippen molar-refractivity contribution in [1.29, 1.82) is 0 Å². The molecule has 2 aromatic rings. The lowest BCUT2D eigenvalue weighted by molar-refractivity contribution is 0.0935. The van der Waals surface area contributed by atoms with E-state index in [-0.39, 0.29) is 11.9 Å². The van der Waals surface area contributed by atoms with Gasteiger partial charge in [0.1, 0.15) is 5.76 Å². The van der Waals surface area contributed by atoms with Crippen LogP contribution in [0, 0.1) is 6.92 Å². The van der Waals surface area contributed by atoms with Crippen LogP contribution in [0.4, 0.5) is 5.69 Å². The van der Waals surface area contributed by atoms with E-state index in [9.17, 15) is 4.79 Å². The topological polar surface area (TPSA) is 68.3 Å². The van der Waals surface area contributed by atoms with Gasteiger partial charge < -0.3 is 15.5 Å². The van der Waals surface area contributed by atoms with Crippen LogP contribution in [0.15, 0.2) is 41.0 Å².